The number of benzene rings is 2. The summed E-state index contributed by atoms with van der Waals surface area (Å²) < 4.78 is 22.6. The van der Waals surface area contributed by atoms with Crippen LogP contribution in [0.5, 0.6) is 5.75 Å². The summed E-state index contributed by atoms with van der Waals surface area (Å²) in [5, 5.41) is 4.53. The van der Waals surface area contributed by atoms with E-state index in [9.17, 15) is 9.36 Å². The first-order valence-electron chi connectivity index (χ1n) is 7.14. The van der Waals surface area contributed by atoms with Crippen molar-refractivity contribution in [1.29, 1.82) is 0 Å². The number of carbonyl (C=O) groups excluding carboxylic acids is 1. The minimum Gasteiger partial charge on any atom is -0.462 e. The SMILES string of the molecule is CC(C)OC(=O)[C@H](C)N[PH](=O)Oc1cccc2ccccc12. The fourth-order valence-electron chi connectivity index (χ4n) is 1.98. The molecular weight excluding hydrogens is 301 g/mol. The third-order valence-electron chi connectivity index (χ3n) is 2.99. The molecule has 2 aromatic rings. The maximum atomic E-state index is 12.1. The third-order valence-corrected chi connectivity index (χ3v) is 4.07. The number of nitrogens with one attached hydrogen (secondary N) is 1. The van der Waals surface area contributed by atoms with Crippen LogP contribution < -0.4 is 9.61 Å². The van der Waals surface area contributed by atoms with Gasteiger partial charge in [0.05, 0.1) is 6.10 Å². The summed E-state index contributed by atoms with van der Waals surface area (Å²) in [6.07, 6.45) is -0.210. The minimum atomic E-state index is -2.61. The average Bonchev–Trinajstić information content (AvgIpc) is 2.46. The lowest BCUT2D eigenvalue weighted by Crippen LogP contribution is -2.33. The van der Waals surface area contributed by atoms with E-state index in [2.05, 4.69) is 5.09 Å². The van der Waals surface area contributed by atoms with Crippen LogP contribution in [0.3, 0.4) is 0 Å². The molecule has 0 radical (unpaired) electrons. The van der Waals surface area contributed by atoms with E-state index in [4.69, 9.17) is 9.26 Å². The molecule has 118 valence electrons. The molecule has 0 aliphatic heterocycles. The maximum Gasteiger partial charge on any atom is 0.323 e. The fraction of sp³-hybridized carbons (Fsp3) is 0.312. The Morgan fingerprint density at radius 3 is 2.50 bits per heavy atom. The Labute approximate surface area is 130 Å². The quantitative estimate of drug-likeness (QED) is 0.651. The van der Waals surface area contributed by atoms with E-state index in [0.29, 0.717) is 5.75 Å². The molecule has 0 saturated carbocycles. The predicted octanol–water partition coefficient (Wildman–Crippen LogP) is 3.54. The summed E-state index contributed by atoms with van der Waals surface area (Å²) in [5.41, 5.74) is 0. The average molecular weight is 321 g/mol. The summed E-state index contributed by atoms with van der Waals surface area (Å²) in [7, 11) is -2.61. The first-order valence-corrected chi connectivity index (χ1v) is 8.45. The van der Waals surface area contributed by atoms with Crippen LogP contribution in [0, 0.1) is 0 Å². The maximum absolute atomic E-state index is 12.1. The van der Waals surface area contributed by atoms with E-state index in [1.807, 2.05) is 36.4 Å². The molecule has 0 spiro atoms. The lowest BCUT2D eigenvalue weighted by atomic mass is 10.1. The van der Waals surface area contributed by atoms with Gasteiger partial charge in [-0.3, -0.25) is 9.36 Å². The van der Waals surface area contributed by atoms with Gasteiger partial charge in [-0.25, -0.2) is 5.09 Å². The smallest absolute Gasteiger partial charge is 0.323 e. The lowest BCUT2D eigenvalue weighted by Gasteiger charge is -2.16. The number of hydrogen-bond donors (Lipinski definition) is 1. The van der Waals surface area contributed by atoms with Crippen molar-refractivity contribution < 1.29 is 18.6 Å². The molecule has 2 atom stereocenters. The predicted molar refractivity (Wildman–Crippen MR) is 87.4 cm³/mol. The monoisotopic (exact) mass is 321 g/mol. The van der Waals surface area contributed by atoms with Gasteiger partial charge in [0, 0.05) is 5.39 Å². The zero-order valence-corrected chi connectivity index (χ0v) is 13.8. The van der Waals surface area contributed by atoms with Gasteiger partial charge in [-0.2, -0.15) is 0 Å². The molecule has 0 fully saturated rings. The van der Waals surface area contributed by atoms with Gasteiger partial charge in [0.1, 0.15) is 11.8 Å². The van der Waals surface area contributed by atoms with Crippen molar-refractivity contribution in [1.82, 2.24) is 5.09 Å². The Balaban J connectivity index is 2.04. The van der Waals surface area contributed by atoms with Crippen molar-refractivity contribution >= 4 is 24.9 Å². The number of carbonyl (C=O) groups is 1. The lowest BCUT2D eigenvalue weighted by molar-refractivity contribution is -0.148. The standard InChI is InChI=1S/C16H20NO4P/c1-11(2)20-16(18)12(3)17-22(19)21-15-10-6-8-13-7-4-5-9-14(13)15/h4-12,22H,1-3H3,(H,17,19)/t12-/m0/s1. The van der Waals surface area contributed by atoms with Crippen LogP contribution in [0.1, 0.15) is 20.8 Å². The van der Waals surface area contributed by atoms with Gasteiger partial charge in [-0.1, -0.05) is 36.4 Å². The van der Waals surface area contributed by atoms with Crippen molar-refractivity contribution in [3.05, 3.63) is 42.5 Å². The van der Waals surface area contributed by atoms with Crippen molar-refractivity contribution in [2.24, 2.45) is 0 Å². The highest BCUT2D eigenvalue weighted by molar-refractivity contribution is 7.37. The molecule has 1 N–H and O–H groups in total. The Morgan fingerprint density at radius 1 is 1.09 bits per heavy atom. The molecule has 2 rings (SSSR count). The Morgan fingerprint density at radius 2 is 1.77 bits per heavy atom. The molecule has 0 bridgehead atoms. The number of hydrogen-bond acceptors (Lipinski definition) is 4. The van der Waals surface area contributed by atoms with Gasteiger partial charge in [0.25, 0.3) is 0 Å². The summed E-state index contributed by atoms with van der Waals surface area (Å²) in [5.74, 6) is 0.0776. The third kappa shape index (κ3) is 4.33. The second kappa shape index (κ2) is 7.43. The van der Waals surface area contributed by atoms with E-state index in [1.54, 1.807) is 26.8 Å². The van der Waals surface area contributed by atoms with Gasteiger partial charge in [-0.05, 0) is 32.2 Å². The van der Waals surface area contributed by atoms with Gasteiger partial charge < -0.3 is 9.26 Å². The molecular formula is C16H20NO4P. The normalized spacial score (nSPS) is 13.8. The highest BCUT2D eigenvalue weighted by atomic mass is 31.1. The van der Waals surface area contributed by atoms with Gasteiger partial charge in [-0.15, -0.1) is 0 Å². The van der Waals surface area contributed by atoms with Crippen LogP contribution in [0.2, 0.25) is 0 Å². The zero-order valence-electron chi connectivity index (χ0n) is 12.8. The Bertz CT molecular complexity index is 681. The van der Waals surface area contributed by atoms with E-state index < -0.39 is 20.2 Å². The molecule has 6 heteroatoms. The molecule has 22 heavy (non-hydrogen) atoms. The zero-order chi connectivity index (χ0) is 16.1. The van der Waals surface area contributed by atoms with Crippen molar-refractivity contribution in [3.63, 3.8) is 0 Å². The van der Waals surface area contributed by atoms with Crippen molar-refractivity contribution in [2.45, 2.75) is 32.9 Å². The summed E-state index contributed by atoms with van der Waals surface area (Å²) in [6, 6.07) is 12.5. The first-order chi connectivity index (χ1) is 10.5. The molecule has 1 unspecified atom stereocenters. The molecule has 2 aromatic carbocycles. The second-order valence-electron chi connectivity index (χ2n) is 5.22. The molecule has 0 aliphatic rings. The van der Waals surface area contributed by atoms with Crippen LogP contribution in [0.4, 0.5) is 0 Å². The number of ether oxygens (including phenoxy) is 1. The largest absolute Gasteiger partial charge is 0.462 e. The highest BCUT2D eigenvalue weighted by Crippen LogP contribution is 2.31. The van der Waals surface area contributed by atoms with Crippen LogP contribution in [0.15, 0.2) is 42.5 Å². The van der Waals surface area contributed by atoms with Crippen molar-refractivity contribution in [2.75, 3.05) is 0 Å². The molecule has 0 aromatic heterocycles. The molecule has 0 saturated heterocycles. The van der Waals surface area contributed by atoms with Gasteiger partial charge in [0.15, 0.2) is 0 Å². The van der Waals surface area contributed by atoms with Gasteiger partial charge >= 0.3 is 14.1 Å². The molecule has 0 heterocycles. The van der Waals surface area contributed by atoms with E-state index >= 15 is 0 Å². The van der Waals surface area contributed by atoms with Gasteiger partial charge in [0.2, 0.25) is 0 Å². The Hall–Kier alpha value is -1.84. The van der Waals surface area contributed by atoms with E-state index in [-0.39, 0.29) is 6.10 Å². The molecule has 5 nitrogen and oxygen atoms in total. The second-order valence-corrected chi connectivity index (χ2v) is 6.29. The molecule has 0 aliphatic carbocycles. The minimum absolute atomic E-state index is 0.210. The first kappa shape index (κ1) is 16.5. The Kier molecular flexibility index (Phi) is 5.58. The van der Waals surface area contributed by atoms with E-state index in [0.717, 1.165) is 10.8 Å². The van der Waals surface area contributed by atoms with Crippen LogP contribution in [-0.4, -0.2) is 18.1 Å². The number of fused-ring (bicyclic) bond motifs is 1. The summed E-state index contributed by atoms with van der Waals surface area (Å²) in [4.78, 5) is 11.7. The topological polar surface area (TPSA) is 64.6 Å². The van der Waals surface area contributed by atoms with E-state index in [1.165, 1.54) is 0 Å². The van der Waals surface area contributed by atoms with Crippen LogP contribution >= 0.6 is 8.18 Å². The summed E-state index contributed by atoms with van der Waals surface area (Å²) in [6.45, 7) is 5.13. The fourth-order valence-corrected chi connectivity index (χ4v) is 2.89. The summed E-state index contributed by atoms with van der Waals surface area (Å²) >= 11 is 0. The van der Waals surface area contributed by atoms with Crippen LogP contribution in [0.25, 0.3) is 10.8 Å². The van der Waals surface area contributed by atoms with Crippen LogP contribution in [-0.2, 0) is 14.1 Å². The number of esters is 1. The van der Waals surface area contributed by atoms with Crippen molar-refractivity contribution in [3.8, 4) is 5.75 Å². The highest BCUT2D eigenvalue weighted by Gasteiger charge is 2.18. The number of rotatable bonds is 6. The molecule has 0 amide bonds.